The molecule has 2 atom stereocenters. The first-order chi connectivity index (χ1) is 10.7. The number of hydrogen-bond acceptors (Lipinski definition) is 4. The average Bonchev–Trinajstić information content (AvgIpc) is 2.42. The number of amides is 1. The Kier molecular flexibility index (Phi) is 5.75. The molecular weight excluding hydrogens is 304 g/mol. The number of carbonyl (C=O) groups is 2. The number of carbonyl (C=O) groups excluding carboxylic acids is 2. The second-order valence-electron chi connectivity index (χ2n) is 9.17. The van der Waals surface area contributed by atoms with Gasteiger partial charge in [0.15, 0.2) is 5.78 Å². The van der Waals surface area contributed by atoms with Gasteiger partial charge in [0, 0.05) is 18.5 Å². The second-order valence-corrected chi connectivity index (χ2v) is 9.17. The van der Waals surface area contributed by atoms with Gasteiger partial charge in [0.1, 0.15) is 11.5 Å². The molecule has 0 aromatic rings. The fourth-order valence-corrected chi connectivity index (χ4v) is 3.97. The van der Waals surface area contributed by atoms with Crippen molar-refractivity contribution in [1.82, 2.24) is 4.90 Å². The summed E-state index contributed by atoms with van der Waals surface area (Å²) < 4.78 is 5.47. The summed E-state index contributed by atoms with van der Waals surface area (Å²) in [4.78, 5) is 26.7. The number of ketones is 1. The Labute approximate surface area is 146 Å². The fraction of sp³-hybridized carbons (Fsp3) is 0.842. The maximum atomic E-state index is 12.7. The molecule has 1 rings (SSSR count). The third kappa shape index (κ3) is 4.49. The number of likely N-dealkylation sites (tertiary alicyclic amines) is 1. The van der Waals surface area contributed by atoms with E-state index in [0.29, 0.717) is 13.1 Å². The maximum absolute atomic E-state index is 12.7. The zero-order valence-electron chi connectivity index (χ0n) is 16.4. The van der Waals surface area contributed by atoms with Crippen LogP contribution >= 0.6 is 0 Å². The SMILES string of the molecule is CC(C#N)C(=O)C(C)(C)[C@H]1CCN(C(=O)OC(C)(C)C)CC1(C)C. The van der Waals surface area contributed by atoms with E-state index in [9.17, 15) is 9.59 Å². The van der Waals surface area contributed by atoms with Crippen LogP contribution in [0.1, 0.15) is 61.8 Å². The highest BCUT2D eigenvalue weighted by Crippen LogP contribution is 2.47. The van der Waals surface area contributed by atoms with Crippen LogP contribution in [0.15, 0.2) is 0 Å². The number of rotatable bonds is 3. The van der Waals surface area contributed by atoms with Crippen molar-refractivity contribution in [3.63, 3.8) is 0 Å². The summed E-state index contributed by atoms with van der Waals surface area (Å²) in [5.41, 5.74) is -1.35. The Morgan fingerprint density at radius 2 is 1.79 bits per heavy atom. The van der Waals surface area contributed by atoms with E-state index >= 15 is 0 Å². The van der Waals surface area contributed by atoms with Gasteiger partial charge in [-0.3, -0.25) is 4.79 Å². The molecule has 0 radical (unpaired) electrons. The molecule has 0 aromatic heterocycles. The first kappa shape index (κ1) is 20.5. The number of nitriles is 1. The summed E-state index contributed by atoms with van der Waals surface area (Å²) >= 11 is 0. The predicted molar refractivity (Wildman–Crippen MR) is 93.3 cm³/mol. The van der Waals surface area contributed by atoms with Gasteiger partial charge >= 0.3 is 6.09 Å². The van der Waals surface area contributed by atoms with Crippen LogP contribution in [-0.2, 0) is 9.53 Å². The molecule has 1 unspecified atom stereocenters. The van der Waals surface area contributed by atoms with Crippen molar-refractivity contribution in [2.24, 2.45) is 22.7 Å². The first-order valence-electron chi connectivity index (χ1n) is 8.64. The first-order valence-corrected chi connectivity index (χ1v) is 8.64. The highest BCUT2D eigenvalue weighted by atomic mass is 16.6. The largest absolute Gasteiger partial charge is 0.444 e. The quantitative estimate of drug-likeness (QED) is 0.780. The van der Waals surface area contributed by atoms with Crippen LogP contribution in [0.25, 0.3) is 0 Å². The Balaban J connectivity index is 2.93. The number of ether oxygens (including phenoxy) is 1. The highest BCUT2D eigenvalue weighted by Gasteiger charge is 2.49. The van der Waals surface area contributed by atoms with E-state index in [-0.39, 0.29) is 23.2 Å². The van der Waals surface area contributed by atoms with Crippen molar-refractivity contribution in [3.05, 3.63) is 0 Å². The monoisotopic (exact) mass is 336 g/mol. The van der Waals surface area contributed by atoms with Crippen molar-refractivity contribution in [1.29, 1.82) is 5.26 Å². The minimum Gasteiger partial charge on any atom is -0.444 e. The lowest BCUT2D eigenvalue weighted by atomic mass is 9.59. The topological polar surface area (TPSA) is 70.4 Å². The van der Waals surface area contributed by atoms with E-state index in [0.717, 1.165) is 6.42 Å². The van der Waals surface area contributed by atoms with Crippen LogP contribution in [-0.4, -0.2) is 35.5 Å². The van der Waals surface area contributed by atoms with Crippen LogP contribution in [0, 0.1) is 34.0 Å². The molecule has 0 bridgehead atoms. The van der Waals surface area contributed by atoms with Crippen LogP contribution in [0.5, 0.6) is 0 Å². The van der Waals surface area contributed by atoms with E-state index in [1.54, 1.807) is 11.8 Å². The lowest BCUT2D eigenvalue weighted by Gasteiger charge is -2.50. The summed E-state index contributed by atoms with van der Waals surface area (Å²) in [5.74, 6) is -0.527. The van der Waals surface area contributed by atoms with Gasteiger partial charge < -0.3 is 9.64 Å². The molecule has 1 aliphatic heterocycles. The van der Waals surface area contributed by atoms with E-state index in [2.05, 4.69) is 19.9 Å². The van der Waals surface area contributed by atoms with Crippen molar-refractivity contribution in [3.8, 4) is 6.07 Å². The molecule has 1 saturated heterocycles. The Morgan fingerprint density at radius 3 is 2.21 bits per heavy atom. The lowest BCUT2D eigenvalue weighted by molar-refractivity contribution is -0.137. The van der Waals surface area contributed by atoms with Gasteiger partial charge in [0.25, 0.3) is 0 Å². The third-order valence-electron chi connectivity index (χ3n) is 4.97. The molecule has 5 nitrogen and oxygen atoms in total. The molecule has 1 heterocycles. The zero-order chi connectivity index (χ0) is 18.9. The van der Waals surface area contributed by atoms with E-state index < -0.39 is 16.9 Å². The molecule has 0 N–H and O–H groups in total. The van der Waals surface area contributed by atoms with Gasteiger partial charge in [-0.05, 0) is 45.4 Å². The average molecular weight is 336 g/mol. The van der Waals surface area contributed by atoms with E-state index in [1.165, 1.54) is 0 Å². The molecule has 136 valence electrons. The molecule has 0 aliphatic carbocycles. The van der Waals surface area contributed by atoms with Gasteiger partial charge in [-0.25, -0.2) is 4.79 Å². The third-order valence-corrected chi connectivity index (χ3v) is 4.97. The summed E-state index contributed by atoms with van der Waals surface area (Å²) in [5, 5.41) is 9.08. The molecule has 0 saturated carbocycles. The molecule has 1 aliphatic rings. The van der Waals surface area contributed by atoms with E-state index in [1.807, 2.05) is 34.6 Å². The Bertz CT molecular complexity index is 538. The fourth-order valence-electron chi connectivity index (χ4n) is 3.97. The lowest BCUT2D eigenvalue weighted by Crippen LogP contribution is -2.55. The summed E-state index contributed by atoms with van der Waals surface area (Å²) in [7, 11) is 0. The summed E-state index contributed by atoms with van der Waals surface area (Å²) in [6.07, 6.45) is 0.423. The van der Waals surface area contributed by atoms with Crippen molar-refractivity contribution >= 4 is 11.9 Å². The van der Waals surface area contributed by atoms with Gasteiger partial charge in [-0.2, -0.15) is 5.26 Å². The maximum Gasteiger partial charge on any atom is 0.410 e. The molecule has 0 spiro atoms. The second kappa shape index (κ2) is 6.74. The molecule has 1 fully saturated rings. The van der Waals surface area contributed by atoms with Crippen LogP contribution in [0.3, 0.4) is 0 Å². The number of nitrogens with zero attached hydrogens (tertiary/aromatic N) is 2. The highest BCUT2D eigenvalue weighted by molar-refractivity contribution is 5.88. The molecule has 1 amide bonds. The van der Waals surface area contributed by atoms with Crippen molar-refractivity contribution in [2.45, 2.75) is 67.4 Å². The molecule has 0 aromatic carbocycles. The van der Waals surface area contributed by atoms with Gasteiger partial charge in [-0.1, -0.05) is 27.7 Å². The molecule has 5 heteroatoms. The minimum atomic E-state index is -0.611. The molecule has 24 heavy (non-hydrogen) atoms. The van der Waals surface area contributed by atoms with Crippen molar-refractivity contribution in [2.75, 3.05) is 13.1 Å². The Morgan fingerprint density at radius 1 is 1.25 bits per heavy atom. The zero-order valence-corrected chi connectivity index (χ0v) is 16.4. The predicted octanol–water partition coefficient (Wildman–Crippen LogP) is 4.02. The van der Waals surface area contributed by atoms with Crippen LogP contribution in [0.2, 0.25) is 0 Å². The minimum absolute atomic E-state index is 0.0196. The van der Waals surface area contributed by atoms with Crippen molar-refractivity contribution < 1.29 is 14.3 Å². The number of Topliss-reactive ketones (excluding diaryl/α,β-unsaturated/α-hetero) is 1. The van der Waals surface area contributed by atoms with Gasteiger partial charge in [0.05, 0.1) is 6.07 Å². The number of hydrogen-bond donors (Lipinski definition) is 0. The van der Waals surface area contributed by atoms with Crippen LogP contribution < -0.4 is 0 Å². The molecular formula is C19H32N2O3. The Hall–Kier alpha value is -1.57. The van der Waals surface area contributed by atoms with E-state index in [4.69, 9.17) is 10.00 Å². The number of piperidine rings is 1. The summed E-state index contributed by atoms with van der Waals surface area (Å²) in [6.45, 7) is 16.4. The van der Waals surface area contributed by atoms with Crippen LogP contribution in [0.4, 0.5) is 4.79 Å². The van der Waals surface area contributed by atoms with Gasteiger partial charge in [-0.15, -0.1) is 0 Å². The van der Waals surface area contributed by atoms with Gasteiger partial charge in [0.2, 0.25) is 0 Å². The normalized spacial score (nSPS) is 22.5. The summed E-state index contributed by atoms with van der Waals surface area (Å²) in [6, 6.07) is 2.06. The standard InChI is InChI=1S/C19H32N2O3/c1-13(11-20)15(22)19(7,8)14-9-10-21(12-18(14,5)6)16(23)24-17(2,3)4/h13-14H,9-10,12H2,1-8H3/t13?,14-/m0/s1. The smallest absolute Gasteiger partial charge is 0.410 e.